The molecule has 3 aromatic rings. The zero-order valence-corrected chi connectivity index (χ0v) is 15.5. The number of morpholine rings is 1. The first kappa shape index (κ1) is 16.4. The van der Waals surface area contributed by atoms with Crippen molar-refractivity contribution in [1.82, 2.24) is 20.1 Å². The molecule has 1 fully saturated rings. The quantitative estimate of drug-likeness (QED) is 0.709. The summed E-state index contributed by atoms with van der Waals surface area (Å²) in [6.45, 7) is 8.53. The lowest BCUT2D eigenvalue weighted by molar-refractivity contribution is 0.0393. The fraction of sp³-hybridized carbons (Fsp3) is 0.529. The smallest absolute Gasteiger partial charge is 0.226 e. The van der Waals surface area contributed by atoms with Gasteiger partial charge in [0.25, 0.3) is 0 Å². The van der Waals surface area contributed by atoms with E-state index in [1.165, 1.54) is 15.8 Å². The van der Waals surface area contributed by atoms with E-state index in [1.807, 2.05) is 6.92 Å². The topological polar surface area (TPSA) is 77.2 Å². The summed E-state index contributed by atoms with van der Waals surface area (Å²) in [5.41, 5.74) is 1.27. The van der Waals surface area contributed by atoms with Crippen LogP contribution in [0.2, 0.25) is 0 Å². The van der Waals surface area contributed by atoms with Gasteiger partial charge < -0.3 is 14.2 Å². The summed E-state index contributed by atoms with van der Waals surface area (Å²) in [5, 5.41) is 5.20. The van der Waals surface area contributed by atoms with Crippen LogP contribution in [0.3, 0.4) is 0 Å². The Morgan fingerprint density at radius 2 is 2.20 bits per heavy atom. The first-order valence-corrected chi connectivity index (χ1v) is 9.36. The van der Waals surface area contributed by atoms with Gasteiger partial charge in [-0.3, -0.25) is 0 Å². The van der Waals surface area contributed by atoms with Crippen LogP contribution in [-0.2, 0) is 17.6 Å². The molecule has 7 nitrogen and oxygen atoms in total. The third kappa shape index (κ3) is 3.11. The van der Waals surface area contributed by atoms with Crippen molar-refractivity contribution < 1.29 is 9.26 Å². The van der Waals surface area contributed by atoms with Gasteiger partial charge in [0.2, 0.25) is 5.89 Å². The average Bonchev–Trinajstić information content (AvgIpc) is 3.19. The molecule has 0 N–H and O–H groups in total. The molecule has 0 amide bonds. The number of anilines is 1. The number of hydrogen-bond donors (Lipinski definition) is 0. The van der Waals surface area contributed by atoms with Crippen molar-refractivity contribution in [3.05, 3.63) is 28.5 Å². The molecule has 0 unspecified atom stereocenters. The van der Waals surface area contributed by atoms with Crippen molar-refractivity contribution in [2.24, 2.45) is 0 Å². The first-order valence-electron chi connectivity index (χ1n) is 8.54. The Morgan fingerprint density at radius 1 is 1.32 bits per heavy atom. The van der Waals surface area contributed by atoms with E-state index in [9.17, 15) is 0 Å². The molecule has 8 heteroatoms. The SMILES string of the molecule is CCc1nc(C[C@H]2CN(c3ncnc4sc(C)c(C)c34)CCO2)no1. The predicted molar refractivity (Wildman–Crippen MR) is 96.2 cm³/mol. The van der Waals surface area contributed by atoms with E-state index in [1.54, 1.807) is 17.7 Å². The Morgan fingerprint density at radius 3 is 3.00 bits per heavy atom. The Balaban J connectivity index is 1.57. The molecule has 0 aromatic carbocycles. The highest BCUT2D eigenvalue weighted by Crippen LogP contribution is 2.34. The monoisotopic (exact) mass is 359 g/mol. The molecule has 25 heavy (non-hydrogen) atoms. The maximum Gasteiger partial charge on any atom is 0.226 e. The van der Waals surface area contributed by atoms with Gasteiger partial charge in [-0.1, -0.05) is 12.1 Å². The number of ether oxygens (including phenoxy) is 1. The molecule has 1 aliphatic rings. The molecule has 0 bridgehead atoms. The molecule has 4 rings (SSSR count). The van der Waals surface area contributed by atoms with E-state index in [2.05, 4.69) is 38.9 Å². The molecule has 0 aliphatic carbocycles. The van der Waals surface area contributed by atoms with E-state index < -0.39 is 0 Å². The Hall–Kier alpha value is -2.06. The molecular weight excluding hydrogens is 338 g/mol. The number of aryl methyl sites for hydroxylation is 3. The summed E-state index contributed by atoms with van der Waals surface area (Å²) in [6, 6.07) is 0. The number of nitrogens with zero attached hydrogens (tertiary/aromatic N) is 5. The lowest BCUT2D eigenvalue weighted by Gasteiger charge is -2.33. The molecule has 0 spiro atoms. The highest BCUT2D eigenvalue weighted by molar-refractivity contribution is 7.18. The lowest BCUT2D eigenvalue weighted by Crippen LogP contribution is -2.44. The fourth-order valence-corrected chi connectivity index (χ4v) is 4.15. The maximum atomic E-state index is 5.92. The van der Waals surface area contributed by atoms with Crippen LogP contribution in [0.5, 0.6) is 0 Å². The minimum absolute atomic E-state index is 0.0288. The third-order valence-electron chi connectivity index (χ3n) is 4.61. The van der Waals surface area contributed by atoms with E-state index in [-0.39, 0.29) is 6.10 Å². The summed E-state index contributed by atoms with van der Waals surface area (Å²) < 4.78 is 11.1. The second-order valence-electron chi connectivity index (χ2n) is 6.26. The minimum Gasteiger partial charge on any atom is -0.374 e. The zero-order valence-electron chi connectivity index (χ0n) is 14.7. The van der Waals surface area contributed by atoms with E-state index in [0.717, 1.165) is 30.2 Å². The molecule has 3 aromatic heterocycles. The summed E-state index contributed by atoms with van der Waals surface area (Å²) >= 11 is 1.72. The number of rotatable bonds is 4. The van der Waals surface area contributed by atoms with Gasteiger partial charge in [-0.15, -0.1) is 11.3 Å². The van der Waals surface area contributed by atoms with Crippen LogP contribution in [0, 0.1) is 13.8 Å². The van der Waals surface area contributed by atoms with Gasteiger partial charge in [0.05, 0.1) is 18.1 Å². The molecule has 1 atom stereocenters. The van der Waals surface area contributed by atoms with Gasteiger partial charge in [-0.2, -0.15) is 4.98 Å². The van der Waals surface area contributed by atoms with Crippen LogP contribution in [0.25, 0.3) is 10.2 Å². The van der Waals surface area contributed by atoms with Crippen LogP contribution in [-0.4, -0.2) is 45.9 Å². The van der Waals surface area contributed by atoms with Gasteiger partial charge in [0, 0.05) is 30.8 Å². The summed E-state index contributed by atoms with van der Waals surface area (Å²) in [5.74, 6) is 2.38. The van der Waals surface area contributed by atoms with Crippen molar-refractivity contribution in [3.63, 3.8) is 0 Å². The normalized spacial score (nSPS) is 18.2. The van der Waals surface area contributed by atoms with E-state index in [0.29, 0.717) is 24.7 Å². The molecule has 4 heterocycles. The van der Waals surface area contributed by atoms with Gasteiger partial charge in [-0.05, 0) is 19.4 Å². The molecule has 0 saturated carbocycles. The van der Waals surface area contributed by atoms with Crippen molar-refractivity contribution in [3.8, 4) is 0 Å². The van der Waals surface area contributed by atoms with E-state index in [4.69, 9.17) is 9.26 Å². The summed E-state index contributed by atoms with van der Waals surface area (Å²) in [4.78, 5) is 18.0. The predicted octanol–water partition coefficient (Wildman–Crippen LogP) is 2.70. The number of fused-ring (bicyclic) bond motifs is 1. The van der Waals surface area contributed by atoms with Crippen molar-refractivity contribution in [2.75, 3.05) is 24.6 Å². The zero-order chi connectivity index (χ0) is 17.4. The van der Waals surface area contributed by atoms with Gasteiger partial charge in [0.15, 0.2) is 5.82 Å². The maximum absolute atomic E-state index is 5.92. The fourth-order valence-electron chi connectivity index (χ4n) is 3.16. The minimum atomic E-state index is 0.0288. The van der Waals surface area contributed by atoms with E-state index >= 15 is 0 Å². The van der Waals surface area contributed by atoms with Gasteiger partial charge in [0.1, 0.15) is 17.0 Å². The average molecular weight is 359 g/mol. The van der Waals surface area contributed by atoms with Crippen molar-refractivity contribution in [1.29, 1.82) is 0 Å². The standard InChI is InChI=1S/C17H21N5O2S/c1-4-14-20-13(21-24-14)7-12-8-22(5-6-23-12)16-15-10(2)11(3)25-17(15)19-9-18-16/h9,12H,4-8H2,1-3H3/t12-/m0/s1. The molecule has 1 aliphatic heterocycles. The highest BCUT2D eigenvalue weighted by Gasteiger charge is 2.26. The van der Waals surface area contributed by atoms with Crippen molar-refractivity contribution >= 4 is 27.4 Å². The van der Waals surface area contributed by atoms with Crippen LogP contribution in [0.15, 0.2) is 10.9 Å². The lowest BCUT2D eigenvalue weighted by atomic mass is 10.1. The number of thiophene rings is 1. The molecule has 132 valence electrons. The number of aromatic nitrogens is 4. The highest BCUT2D eigenvalue weighted by atomic mass is 32.1. The number of hydrogen-bond acceptors (Lipinski definition) is 8. The molecule has 1 saturated heterocycles. The Bertz CT molecular complexity index is 890. The molecule has 0 radical (unpaired) electrons. The van der Waals surface area contributed by atoms with Crippen LogP contribution >= 0.6 is 11.3 Å². The van der Waals surface area contributed by atoms with Crippen LogP contribution in [0.1, 0.15) is 29.1 Å². The second kappa shape index (κ2) is 6.68. The second-order valence-corrected chi connectivity index (χ2v) is 7.46. The van der Waals surface area contributed by atoms with Gasteiger partial charge in [-0.25, -0.2) is 9.97 Å². The molecular formula is C17H21N5O2S. The summed E-state index contributed by atoms with van der Waals surface area (Å²) in [7, 11) is 0. The van der Waals surface area contributed by atoms with Gasteiger partial charge >= 0.3 is 0 Å². The third-order valence-corrected chi connectivity index (χ3v) is 5.72. The van der Waals surface area contributed by atoms with Crippen molar-refractivity contribution in [2.45, 2.75) is 39.7 Å². The Labute approximate surface area is 150 Å². The first-order chi connectivity index (χ1) is 12.2. The largest absolute Gasteiger partial charge is 0.374 e. The summed E-state index contributed by atoms with van der Waals surface area (Å²) in [6.07, 6.45) is 3.08. The Kier molecular flexibility index (Phi) is 4.39. The van der Waals surface area contributed by atoms with Crippen LogP contribution in [0.4, 0.5) is 5.82 Å². The van der Waals surface area contributed by atoms with Crippen LogP contribution < -0.4 is 4.90 Å².